The van der Waals surface area contributed by atoms with Crippen LogP contribution in [-0.2, 0) is 4.79 Å². The van der Waals surface area contributed by atoms with Gasteiger partial charge in [0.15, 0.2) is 0 Å². The molecule has 0 spiro atoms. The van der Waals surface area contributed by atoms with Crippen LogP contribution < -0.4 is 16.3 Å². The fourth-order valence-corrected chi connectivity index (χ4v) is 2.59. The van der Waals surface area contributed by atoms with E-state index in [1.165, 1.54) is 18.3 Å². The van der Waals surface area contributed by atoms with Crippen molar-refractivity contribution in [1.82, 2.24) is 4.98 Å². The van der Waals surface area contributed by atoms with Crippen LogP contribution in [0.5, 0.6) is 0 Å². The van der Waals surface area contributed by atoms with E-state index in [1.807, 2.05) is 37.3 Å². The SMILES string of the molecule is Cc1ccccc1-c1cc(=O)oc2nc(N(C)C=CC(N)=O)ccc12. The molecular weight excluding hydrogens is 318 g/mol. The highest BCUT2D eigenvalue weighted by molar-refractivity contribution is 5.93. The van der Waals surface area contributed by atoms with Crippen LogP contribution in [0.25, 0.3) is 22.2 Å². The van der Waals surface area contributed by atoms with E-state index in [0.717, 1.165) is 22.1 Å². The topological polar surface area (TPSA) is 89.4 Å². The van der Waals surface area contributed by atoms with Gasteiger partial charge in [-0.1, -0.05) is 24.3 Å². The predicted molar refractivity (Wildman–Crippen MR) is 97.2 cm³/mol. The summed E-state index contributed by atoms with van der Waals surface area (Å²) in [5.74, 6) is -0.0314. The number of rotatable bonds is 4. The molecule has 0 aliphatic heterocycles. The number of aromatic nitrogens is 1. The van der Waals surface area contributed by atoms with Crippen molar-refractivity contribution in [2.75, 3.05) is 11.9 Å². The Morgan fingerprint density at radius 3 is 2.68 bits per heavy atom. The molecule has 0 saturated carbocycles. The van der Waals surface area contributed by atoms with Gasteiger partial charge >= 0.3 is 5.63 Å². The van der Waals surface area contributed by atoms with E-state index in [2.05, 4.69) is 4.98 Å². The number of fused-ring (bicyclic) bond motifs is 1. The average Bonchev–Trinajstić information content (AvgIpc) is 2.58. The molecule has 1 amide bonds. The lowest BCUT2D eigenvalue weighted by atomic mass is 9.99. The van der Waals surface area contributed by atoms with Gasteiger partial charge in [0, 0.05) is 36.3 Å². The zero-order valence-corrected chi connectivity index (χ0v) is 13.9. The molecule has 0 atom stereocenters. The largest absolute Gasteiger partial charge is 0.404 e. The van der Waals surface area contributed by atoms with Crippen LogP contribution in [0, 0.1) is 6.92 Å². The van der Waals surface area contributed by atoms with Gasteiger partial charge in [0.1, 0.15) is 5.82 Å². The molecule has 25 heavy (non-hydrogen) atoms. The summed E-state index contributed by atoms with van der Waals surface area (Å²) in [7, 11) is 1.72. The molecule has 2 heterocycles. The van der Waals surface area contributed by atoms with E-state index in [4.69, 9.17) is 10.2 Å². The number of primary amides is 1. The molecule has 1 aromatic carbocycles. The molecule has 0 saturated heterocycles. The highest BCUT2D eigenvalue weighted by Gasteiger charge is 2.12. The van der Waals surface area contributed by atoms with Gasteiger partial charge in [-0.05, 0) is 30.2 Å². The number of pyridine rings is 1. The minimum absolute atomic E-state index is 0.238. The molecule has 6 nitrogen and oxygen atoms in total. The number of carbonyl (C=O) groups is 1. The van der Waals surface area contributed by atoms with Crippen molar-refractivity contribution in [3.8, 4) is 11.1 Å². The maximum Gasteiger partial charge on any atom is 0.338 e. The fraction of sp³-hybridized carbons (Fsp3) is 0.105. The molecule has 0 aliphatic rings. The second-order valence-electron chi connectivity index (χ2n) is 5.65. The average molecular weight is 335 g/mol. The maximum absolute atomic E-state index is 12.0. The summed E-state index contributed by atoms with van der Waals surface area (Å²) < 4.78 is 5.27. The first-order valence-electron chi connectivity index (χ1n) is 7.67. The lowest BCUT2D eigenvalue weighted by Gasteiger charge is -2.14. The molecule has 2 aromatic heterocycles. The number of nitrogens with zero attached hydrogens (tertiary/aromatic N) is 2. The minimum Gasteiger partial charge on any atom is -0.404 e. The van der Waals surface area contributed by atoms with Crippen molar-refractivity contribution in [1.29, 1.82) is 0 Å². The quantitative estimate of drug-likeness (QED) is 0.740. The lowest BCUT2D eigenvalue weighted by Crippen LogP contribution is -2.13. The van der Waals surface area contributed by atoms with Gasteiger partial charge in [-0.15, -0.1) is 0 Å². The lowest BCUT2D eigenvalue weighted by molar-refractivity contribution is -0.113. The van der Waals surface area contributed by atoms with Crippen molar-refractivity contribution in [3.05, 3.63) is 70.7 Å². The van der Waals surface area contributed by atoms with E-state index >= 15 is 0 Å². The highest BCUT2D eigenvalue weighted by Crippen LogP contribution is 2.29. The van der Waals surface area contributed by atoms with E-state index in [0.29, 0.717) is 5.82 Å². The second kappa shape index (κ2) is 6.60. The van der Waals surface area contributed by atoms with Gasteiger partial charge < -0.3 is 15.1 Å². The summed E-state index contributed by atoms with van der Waals surface area (Å²) in [6.45, 7) is 1.99. The molecule has 3 rings (SSSR count). The standard InChI is InChI=1S/C19H17N3O3/c1-12-5-3-4-6-13(12)15-11-18(24)25-19-14(15)7-8-17(21-19)22(2)10-9-16(20)23/h3-11H,1-2H3,(H2,20,23). The molecule has 3 aromatic rings. The Labute approximate surface area is 144 Å². The van der Waals surface area contributed by atoms with Crippen LogP contribution >= 0.6 is 0 Å². The maximum atomic E-state index is 12.0. The van der Waals surface area contributed by atoms with Crippen LogP contribution in [-0.4, -0.2) is 17.9 Å². The van der Waals surface area contributed by atoms with Gasteiger partial charge in [-0.2, -0.15) is 4.98 Å². The van der Waals surface area contributed by atoms with Crippen molar-refractivity contribution >= 4 is 22.8 Å². The number of anilines is 1. The Morgan fingerprint density at radius 2 is 1.96 bits per heavy atom. The van der Waals surface area contributed by atoms with Crippen LogP contribution in [0.4, 0.5) is 5.82 Å². The monoisotopic (exact) mass is 335 g/mol. The minimum atomic E-state index is -0.555. The molecule has 126 valence electrons. The van der Waals surface area contributed by atoms with Gasteiger partial charge in [0.2, 0.25) is 11.6 Å². The number of hydrogen-bond acceptors (Lipinski definition) is 5. The molecule has 0 bridgehead atoms. The Kier molecular flexibility index (Phi) is 4.35. The Hall–Kier alpha value is -3.41. The molecule has 0 aliphatic carbocycles. The Bertz CT molecular complexity index is 1040. The van der Waals surface area contributed by atoms with Crippen LogP contribution in [0.15, 0.2) is 64.0 Å². The number of amides is 1. The summed E-state index contributed by atoms with van der Waals surface area (Å²) >= 11 is 0. The van der Waals surface area contributed by atoms with E-state index in [1.54, 1.807) is 18.0 Å². The molecule has 6 heteroatoms. The van der Waals surface area contributed by atoms with Gasteiger partial charge in [0.25, 0.3) is 0 Å². The number of benzene rings is 1. The normalized spacial score (nSPS) is 11.1. The summed E-state index contributed by atoms with van der Waals surface area (Å²) in [5.41, 5.74) is 7.65. The zero-order valence-electron chi connectivity index (χ0n) is 13.9. The van der Waals surface area contributed by atoms with Gasteiger partial charge in [-0.25, -0.2) is 4.79 Å². The summed E-state index contributed by atoms with van der Waals surface area (Å²) in [6.07, 6.45) is 2.73. The number of aryl methyl sites for hydroxylation is 1. The third kappa shape index (κ3) is 3.42. The number of nitrogens with two attached hydrogens (primary N) is 1. The predicted octanol–water partition coefficient (Wildman–Crippen LogP) is 2.60. The first-order valence-corrected chi connectivity index (χ1v) is 7.67. The van der Waals surface area contributed by atoms with E-state index in [-0.39, 0.29) is 5.71 Å². The molecular formula is C19H17N3O3. The van der Waals surface area contributed by atoms with E-state index < -0.39 is 11.5 Å². The van der Waals surface area contributed by atoms with Crippen molar-refractivity contribution in [3.63, 3.8) is 0 Å². The zero-order chi connectivity index (χ0) is 18.0. The summed E-state index contributed by atoms with van der Waals surface area (Å²) in [4.78, 5) is 28.8. The first kappa shape index (κ1) is 16.4. The van der Waals surface area contributed by atoms with Crippen molar-refractivity contribution < 1.29 is 9.21 Å². The fourth-order valence-electron chi connectivity index (χ4n) is 2.59. The van der Waals surface area contributed by atoms with Crippen LogP contribution in [0.1, 0.15) is 5.56 Å². The Balaban J connectivity index is 2.15. The van der Waals surface area contributed by atoms with Crippen LogP contribution in [0.2, 0.25) is 0 Å². The van der Waals surface area contributed by atoms with Gasteiger partial charge in [-0.3, -0.25) is 4.79 Å². The number of hydrogen-bond donors (Lipinski definition) is 1. The van der Waals surface area contributed by atoms with E-state index in [9.17, 15) is 9.59 Å². The Morgan fingerprint density at radius 1 is 1.20 bits per heavy atom. The number of carbonyl (C=O) groups excluding carboxylic acids is 1. The summed E-state index contributed by atoms with van der Waals surface area (Å²) in [5, 5.41) is 0.741. The second-order valence-corrected chi connectivity index (χ2v) is 5.65. The third-order valence-electron chi connectivity index (χ3n) is 3.85. The third-order valence-corrected chi connectivity index (χ3v) is 3.85. The molecule has 2 N–H and O–H groups in total. The smallest absolute Gasteiger partial charge is 0.338 e. The molecule has 0 unspecified atom stereocenters. The van der Waals surface area contributed by atoms with Gasteiger partial charge in [0.05, 0.1) is 0 Å². The van der Waals surface area contributed by atoms with Crippen molar-refractivity contribution in [2.24, 2.45) is 5.73 Å². The van der Waals surface area contributed by atoms with Crippen molar-refractivity contribution in [2.45, 2.75) is 6.92 Å². The van der Waals surface area contributed by atoms with Crippen LogP contribution in [0.3, 0.4) is 0 Å². The molecule has 0 radical (unpaired) electrons. The highest BCUT2D eigenvalue weighted by atomic mass is 16.4. The first-order chi connectivity index (χ1) is 12.0. The molecule has 0 fully saturated rings. The summed E-state index contributed by atoms with van der Waals surface area (Å²) in [6, 6.07) is 12.9.